The Morgan fingerprint density at radius 2 is 1.50 bits per heavy atom. The molecule has 3 rings (SSSR count). The minimum absolute atomic E-state index is 0.168. The number of hydrogen-bond acceptors (Lipinski definition) is 6. The van der Waals surface area contributed by atoms with Gasteiger partial charge in [0.25, 0.3) is 0 Å². The van der Waals surface area contributed by atoms with Crippen molar-refractivity contribution < 1.29 is 8.42 Å². The van der Waals surface area contributed by atoms with Crippen molar-refractivity contribution in [2.45, 2.75) is 18.7 Å². The summed E-state index contributed by atoms with van der Waals surface area (Å²) in [6, 6.07) is 8.79. The van der Waals surface area contributed by atoms with Crippen molar-refractivity contribution in [2.75, 3.05) is 36.0 Å². The van der Waals surface area contributed by atoms with E-state index in [0.29, 0.717) is 18.8 Å². The number of sulfonamides is 1. The molecular formula is C16H21N5O2S. The van der Waals surface area contributed by atoms with Crippen LogP contribution >= 0.6 is 0 Å². The van der Waals surface area contributed by atoms with E-state index >= 15 is 0 Å². The molecule has 0 spiro atoms. The number of hydrogen-bond donors (Lipinski definition) is 1. The SMILES string of the molecule is Cc1cc(C)nc(N2CCN(c3ccccc3S(N)(=O)=O)CC2)n1. The fourth-order valence-corrected chi connectivity index (χ4v) is 3.71. The molecule has 2 N–H and O–H groups in total. The van der Waals surface area contributed by atoms with E-state index in [1.807, 2.05) is 30.9 Å². The van der Waals surface area contributed by atoms with Crippen LogP contribution in [0.4, 0.5) is 11.6 Å². The minimum Gasteiger partial charge on any atom is -0.367 e. The van der Waals surface area contributed by atoms with Crippen molar-refractivity contribution in [3.05, 3.63) is 41.7 Å². The number of rotatable bonds is 3. The Kier molecular flexibility index (Phi) is 4.42. The standard InChI is InChI=1S/C16H21N5O2S/c1-12-11-13(2)19-16(18-12)21-9-7-20(8-10-21)14-5-3-4-6-15(14)24(17,22)23/h3-6,11H,7-10H2,1-2H3,(H2,17,22,23). The van der Waals surface area contributed by atoms with Gasteiger partial charge in [-0.2, -0.15) is 0 Å². The molecule has 128 valence electrons. The van der Waals surface area contributed by atoms with Gasteiger partial charge in [-0.3, -0.25) is 0 Å². The van der Waals surface area contributed by atoms with E-state index < -0.39 is 10.0 Å². The lowest BCUT2D eigenvalue weighted by molar-refractivity contribution is 0.595. The minimum atomic E-state index is -3.74. The maximum Gasteiger partial charge on any atom is 0.240 e. The summed E-state index contributed by atoms with van der Waals surface area (Å²) in [5.41, 5.74) is 2.54. The largest absolute Gasteiger partial charge is 0.367 e. The molecule has 8 heteroatoms. The molecular weight excluding hydrogens is 326 g/mol. The number of anilines is 2. The highest BCUT2D eigenvalue weighted by molar-refractivity contribution is 7.89. The van der Waals surface area contributed by atoms with Crippen LogP contribution in [0.15, 0.2) is 35.2 Å². The molecule has 24 heavy (non-hydrogen) atoms. The first-order valence-corrected chi connectivity index (χ1v) is 9.33. The van der Waals surface area contributed by atoms with Gasteiger partial charge < -0.3 is 9.80 Å². The zero-order valence-electron chi connectivity index (χ0n) is 13.8. The first kappa shape index (κ1) is 16.7. The van der Waals surface area contributed by atoms with Crippen LogP contribution in [-0.2, 0) is 10.0 Å². The Morgan fingerprint density at radius 3 is 2.08 bits per heavy atom. The van der Waals surface area contributed by atoms with Gasteiger partial charge in [-0.05, 0) is 32.0 Å². The average Bonchev–Trinajstić information content (AvgIpc) is 2.53. The van der Waals surface area contributed by atoms with E-state index in [1.54, 1.807) is 18.2 Å². The summed E-state index contributed by atoms with van der Waals surface area (Å²) < 4.78 is 23.6. The third-order valence-corrected chi connectivity index (χ3v) is 5.00. The predicted octanol–water partition coefficient (Wildman–Crippen LogP) is 1.07. The van der Waals surface area contributed by atoms with Gasteiger partial charge in [0, 0.05) is 37.6 Å². The summed E-state index contributed by atoms with van der Waals surface area (Å²) >= 11 is 0. The molecule has 0 unspecified atom stereocenters. The van der Waals surface area contributed by atoms with Gasteiger partial charge in [-0.25, -0.2) is 23.5 Å². The fraction of sp³-hybridized carbons (Fsp3) is 0.375. The van der Waals surface area contributed by atoms with Crippen molar-refractivity contribution in [1.82, 2.24) is 9.97 Å². The molecule has 0 amide bonds. The monoisotopic (exact) mass is 347 g/mol. The Morgan fingerprint density at radius 1 is 0.958 bits per heavy atom. The normalized spacial score (nSPS) is 15.6. The number of primary sulfonamides is 1. The van der Waals surface area contributed by atoms with E-state index in [4.69, 9.17) is 5.14 Å². The van der Waals surface area contributed by atoms with Crippen LogP contribution in [0.2, 0.25) is 0 Å². The van der Waals surface area contributed by atoms with Crippen molar-refractivity contribution in [1.29, 1.82) is 0 Å². The quantitative estimate of drug-likeness (QED) is 0.893. The van der Waals surface area contributed by atoms with Crippen LogP contribution in [0.3, 0.4) is 0 Å². The molecule has 0 bridgehead atoms. The second kappa shape index (κ2) is 6.37. The van der Waals surface area contributed by atoms with Crippen molar-refractivity contribution in [3.8, 4) is 0 Å². The van der Waals surface area contributed by atoms with Gasteiger partial charge in [-0.15, -0.1) is 0 Å². The summed E-state index contributed by atoms with van der Waals surface area (Å²) in [7, 11) is -3.74. The lowest BCUT2D eigenvalue weighted by Crippen LogP contribution is -2.47. The molecule has 1 fully saturated rings. The molecule has 1 aliphatic heterocycles. The van der Waals surface area contributed by atoms with Crippen molar-refractivity contribution in [3.63, 3.8) is 0 Å². The Balaban J connectivity index is 1.79. The van der Waals surface area contributed by atoms with Crippen LogP contribution in [-0.4, -0.2) is 44.6 Å². The summed E-state index contributed by atoms with van der Waals surface area (Å²) in [6.45, 7) is 6.73. The molecule has 7 nitrogen and oxygen atoms in total. The van der Waals surface area contributed by atoms with Gasteiger partial charge in [-0.1, -0.05) is 12.1 Å². The van der Waals surface area contributed by atoms with E-state index in [2.05, 4.69) is 14.9 Å². The first-order valence-electron chi connectivity index (χ1n) is 7.78. The number of para-hydroxylation sites is 1. The van der Waals surface area contributed by atoms with Crippen LogP contribution in [0.25, 0.3) is 0 Å². The van der Waals surface area contributed by atoms with Gasteiger partial charge in [0.05, 0.1) is 5.69 Å². The van der Waals surface area contributed by atoms with Gasteiger partial charge in [0.2, 0.25) is 16.0 Å². The van der Waals surface area contributed by atoms with Crippen molar-refractivity contribution in [2.24, 2.45) is 5.14 Å². The van der Waals surface area contributed by atoms with Crippen molar-refractivity contribution >= 4 is 21.7 Å². The lowest BCUT2D eigenvalue weighted by Gasteiger charge is -2.36. The Bertz CT molecular complexity index is 825. The fourth-order valence-electron chi connectivity index (χ4n) is 2.96. The summed E-state index contributed by atoms with van der Waals surface area (Å²) in [5.74, 6) is 0.729. The summed E-state index contributed by atoms with van der Waals surface area (Å²) in [6.07, 6.45) is 0. The number of nitrogens with zero attached hydrogens (tertiary/aromatic N) is 4. The molecule has 0 atom stereocenters. The first-order chi connectivity index (χ1) is 11.3. The number of nitrogens with two attached hydrogens (primary N) is 1. The highest BCUT2D eigenvalue weighted by atomic mass is 32.2. The number of aromatic nitrogens is 2. The third kappa shape index (κ3) is 3.49. The number of piperazine rings is 1. The van der Waals surface area contributed by atoms with E-state index in [-0.39, 0.29) is 4.90 Å². The van der Waals surface area contributed by atoms with Crippen LogP contribution in [0.1, 0.15) is 11.4 Å². The third-order valence-electron chi connectivity index (χ3n) is 4.05. The number of aryl methyl sites for hydroxylation is 2. The zero-order valence-corrected chi connectivity index (χ0v) is 14.6. The van der Waals surface area contributed by atoms with Gasteiger partial charge in [0.1, 0.15) is 4.90 Å². The Hall–Kier alpha value is -2.19. The molecule has 1 aliphatic rings. The molecule has 2 heterocycles. The molecule has 2 aromatic rings. The second-order valence-corrected chi connectivity index (χ2v) is 7.47. The van der Waals surface area contributed by atoms with Gasteiger partial charge >= 0.3 is 0 Å². The van der Waals surface area contributed by atoms with E-state index in [1.165, 1.54) is 0 Å². The second-order valence-electron chi connectivity index (χ2n) is 5.94. The van der Waals surface area contributed by atoms with Crippen LogP contribution < -0.4 is 14.9 Å². The van der Waals surface area contributed by atoms with Gasteiger partial charge in [0.15, 0.2) is 0 Å². The predicted molar refractivity (Wildman–Crippen MR) is 93.7 cm³/mol. The summed E-state index contributed by atoms with van der Waals surface area (Å²) in [4.78, 5) is 13.3. The average molecular weight is 347 g/mol. The van der Waals surface area contributed by atoms with E-state index in [0.717, 1.165) is 30.4 Å². The van der Waals surface area contributed by atoms with E-state index in [9.17, 15) is 8.42 Å². The molecule has 0 aliphatic carbocycles. The molecule has 1 saturated heterocycles. The molecule has 1 aromatic carbocycles. The summed E-state index contributed by atoms with van der Waals surface area (Å²) in [5, 5.41) is 5.33. The Labute approximate surface area is 142 Å². The lowest BCUT2D eigenvalue weighted by atomic mass is 10.2. The smallest absolute Gasteiger partial charge is 0.240 e. The maximum atomic E-state index is 11.8. The van der Waals surface area contributed by atoms with Crippen LogP contribution in [0.5, 0.6) is 0 Å². The molecule has 1 aromatic heterocycles. The highest BCUT2D eigenvalue weighted by Crippen LogP contribution is 2.25. The van der Waals surface area contributed by atoms with Crippen LogP contribution in [0, 0.1) is 13.8 Å². The molecule has 0 radical (unpaired) electrons. The zero-order chi connectivity index (χ0) is 17.3. The molecule has 0 saturated carbocycles. The maximum absolute atomic E-state index is 11.8. The highest BCUT2D eigenvalue weighted by Gasteiger charge is 2.23. The number of benzene rings is 1. The topological polar surface area (TPSA) is 92.4 Å².